The fraction of sp³-hybridized carbons (Fsp3) is 0.300. The Labute approximate surface area is 87.0 Å². The van der Waals surface area contributed by atoms with Crippen LogP contribution in [0.15, 0.2) is 35.0 Å². The average Bonchev–Trinajstić information content (AvgIpc) is 2.03. The summed E-state index contributed by atoms with van der Waals surface area (Å²) in [4.78, 5) is 4.22. The van der Waals surface area contributed by atoms with E-state index < -0.39 is 0 Å². The van der Waals surface area contributed by atoms with Crippen molar-refractivity contribution in [2.75, 3.05) is 0 Å². The number of nitrogens with zero attached hydrogens (tertiary/aromatic N) is 1. The lowest BCUT2D eigenvalue weighted by Crippen LogP contribution is -2.12. The molecule has 0 spiro atoms. The molecular formula is C10H13BrN2. The summed E-state index contributed by atoms with van der Waals surface area (Å²) in [5, 5.41) is 0. The van der Waals surface area contributed by atoms with E-state index in [9.17, 15) is 0 Å². The Morgan fingerprint density at radius 3 is 3.00 bits per heavy atom. The van der Waals surface area contributed by atoms with Crippen molar-refractivity contribution in [3.05, 3.63) is 40.6 Å². The van der Waals surface area contributed by atoms with Crippen LogP contribution < -0.4 is 5.73 Å². The highest BCUT2D eigenvalue weighted by atomic mass is 79.9. The lowest BCUT2D eigenvalue weighted by atomic mass is 10.1. The number of halogens is 1. The summed E-state index contributed by atoms with van der Waals surface area (Å²) in [5.41, 5.74) is 7.91. The second-order valence-corrected chi connectivity index (χ2v) is 3.99. The van der Waals surface area contributed by atoms with Crippen molar-refractivity contribution < 1.29 is 0 Å². The molecule has 0 aliphatic rings. The minimum absolute atomic E-state index is 0.0620. The summed E-state index contributed by atoms with van der Waals surface area (Å²) in [7, 11) is 0. The number of aromatic nitrogens is 1. The minimum Gasteiger partial charge on any atom is -0.322 e. The zero-order chi connectivity index (χ0) is 9.84. The zero-order valence-electron chi connectivity index (χ0n) is 7.63. The predicted molar refractivity (Wildman–Crippen MR) is 58.3 cm³/mol. The summed E-state index contributed by atoms with van der Waals surface area (Å²) in [6.07, 6.45) is 2.52. The highest BCUT2D eigenvalue weighted by Crippen LogP contribution is 2.22. The molecule has 3 heteroatoms. The second kappa shape index (κ2) is 4.53. The number of hydrogen-bond donors (Lipinski definition) is 1. The summed E-state index contributed by atoms with van der Waals surface area (Å²) in [5.74, 6) is 0. The van der Waals surface area contributed by atoms with Gasteiger partial charge in [0, 0.05) is 10.7 Å². The summed E-state index contributed by atoms with van der Waals surface area (Å²) < 4.78 is 0.962. The molecule has 1 aromatic rings. The zero-order valence-corrected chi connectivity index (χ0v) is 9.21. The lowest BCUT2D eigenvalue weighted by molar-refractivity contribution is 0.688. The molecule has 1 aromatic heterocycles. The van der Waals surface area contributed by atoms with Gasteiger partial charge in [-0.25, -0.2) is 0 Å². The molecule has 0 aliphatic carbocycles. The van der Waals surface area contributed by atoms with Crippen molar-refractivity contribution in [1.82, 2.24) is 4.98 Å². The molecule has 0 radical (unpaired) electrons. The average molecular weight is 241 g/mol. The van der Waals surface area contributed by atoms with Gasteiger partial charge in [0.1, 0.15) is 0 Å². The van der Waals surface area contributed by atoms with Gasteiger partial charge in [-0.2, -0.15) is 0 Å². The second-order valence-electron chi connectivity index (χ2n) is 3.14. The minimum atomic E-state index is -0.0620. The quantitative estimate of drug-likeness (QED) is 0.826. The van der Waals surface area contributed by atoms with Crippen LogP contribution in [0.2, 0.25) is 0 Å². The third kappa shape index (κ3) is 2.94. The van der Waals surface area contributed by atoms with Crippen LogP contribution in [-0.2, 0) is 0 Å². The first kappa shape index (κ1) is 10.4. The highest BCUT2D eigenvalue weighted by Gasteiger charge is 2.10. The van der Waals surface area contributed by atoms with Gasteiger partial charge in [0.2, 0.25) is 0 Å². The first-order valence-corrected chi connectivity index (χ1v) is 4.91. The normalized spacial score (nSPS) is 12.5. The highest BCUT2D eigenvalue weighted by molar-refractivity contribution is 9.10. The Kier molecular flexibility index (Phi) is 3.63. The third-order valence-corrected chi connectivity index (χ3v) is 2.38. The largest absolute Gasteiger partial charge is 0.322 e. The first-order valence-electron chi connectivity index (χ1n) is 4.11. The van der Waals surface area contributed by atoms with Crippen LogP contribution in [-0.4, -0.2) is 4.98 Å². The van der Waals surface area contributed by atoms with Crippen molar-refractivity contribution in [2.45, 2.75) is 19.4 Å². The van der Waals surface area contributed by atoms with Crippen molar-refractivity contribution in [2.24, 2.45) is 5.73 Å². The molecule has 0 saturated carbocycles. The van der Waals surface area contributed by atoms with Gasteiger partial charge in [-0.05, 0) is 41.4 Å². The SMILES string of the molecule is C=C(C)CC(N)c1ncccc1Br. The Balaban J connectivity index is 2.82. The van der Waals surface area contributed by atoms with Gasteiger partial charge >= 0.3 is 0 Å². The standard InChI is InChI=1S/C10H13BrN2/c1-7(2)6-9(12)10-8(11)4-3-5-13-10/h3-5,9H,1,6,12H2,2H3. The van der Waals surface area contributed by atoms with Crippen molar-refractivity contribution in [3.63, 3.8) is 0 Å². The van der Waals surface area contributed by atoms with Gasteiger partial charge in [-0.1, -0.05) is 5.57 Å². The van der Waals surface area contributed by atoms with Crippen LogP contribution in [0.5, 0.6) is 0 Å². The van der Waals surface area contributed by atoms with E-state index in [-0.39, 0.29) is 6.04 Å². The van der Waals surface area contributed by atoms with E-state index in [1.54, 1.807) is 6.20 Å². The van der Waals surface area contributed by atoms with Gasteiger partial charge in [0.15, 0.2) is 0 Å². The molecule has 2 N–H and O–H groups in total. The van der Waals surface area contributed by atoms with Gasteiger partial charge in [0.25, 0.3) is 0 Å². The van der Waals surface area contributed by atoms with E-state index in [0.29, 0.717) is 0 Å². The Morgan fingerprint density at radius 1 is 1.77 bits per heavy atom. The number of hydrogen-bond acceptors (Lipinski definition) is 2. The van der Waals surface area contributed by atoms with Crippen molar-refractivity contribution in [3.8, 4) is 0 Å². The summed E-state index contributed by atoms with van der Waals surface area (Å²) in [6, 6.07) is 3.76. The van der Waals surface area contributed by atoms with Crippen LogP contribution in [0, 0.1) is 0 Å². The summed E-state index contributed by atoms with van der Waals surface area (Å²) in [6.45, 7) is 5.80. The molecule has 2 nitrogen and oxygen atoms in total. The molecule has 0 fully saturated rings. The molecule has 1 unspecified atom stereocenters. The molecule has 0 bridgehead atoms. The topological polar surface area (TPSA) is 38.9 Å². The lowest BCUT2D eigenvalue weighted by Gasteiger charge is -2.11. The molecule has 0 amide bonds. The van der Waals surface area contributed by atoms with Crippen LogP contribution in [0.4, 0.5) is 0 Å². The van der Waals surface area contributed by atoms with Gasteiger partial charge in [-0.3, -0.25) is 4.98 Å². The molecular weight excluding hydrogens is 228 g/mol. The van der Waals surface area contributed by atoms with Crippen molar-refractivity contribution >= 4 is 15.9 Å². The molecule has 1 atom stereocenters. The maximum Gasteiger partial charge on any atom is 0.0715 e. The fourth-order valence-corrected chi connectivity index (χ4v) is 1.69. The first-order chi connectivity index (χ1) is 6.11. The van der Waals surface area contributed by atoms with E-state index in [4.69, 9.17) is 5.73 Å². The molecule has 1 rings (SSSR count). The van der Waals surface area contributed by atoms with Crippen molar-refractivity contribution in [1.29, 1.82) is 0 Å². The Hall–Kier alpha value is -0.670. The van der Waals surface area contributed by atoms with E-state index in [0.717, 1.165) is 22.2 Å². The maximum atomic E-state index is 5.94. The van der Waals surface area contributed by atoms with Crippen LogP contribution in [0.25, 0.3) is 0 Å². The number of pyridine rings is 1. The number of rotatable bonds is 3. The van der Waals surface area contributed by atoms with E-state index in [2.05, 4.69) is 27.5 Å². The van der Waals surface area contributed by atoms with E-state index in [1.165, 1.54) is 0 Å². The van der Waals surface area contributed by atoms with Crippen LogP contribution in [0.3, 0.4) is 0 Å². The maximum absolute atomic E-state index is 5.94. The fourth-order valence-electron chi connectivity index (χ4n) is 1.14. The molecule has 0 aliphatic heterocycles. The van der Waals surface area contributed by atoms with E-state index in [1.807, 2.05) is 19.1 Å². The van der Waals surface area contributed by atoms with Gasteiger partial charge < -0.3 is 5.73 Å². The van der Waals surface area contributed by atoms with Crippen LogP contribution in [0.1, 0.15) is 25.1 Å². The third-order valence-electron chi connectivity index (χ3n) is 1.71. The monoisotopic (exact) mass is 240 g/mol. The Morgan fingerprint density at radius 2 is 2.46 bits per heavy atom. The molecule has 70 valence electrons. The summed E-state index contributed by atoms with van der Waals surface area (Å²) >= 11 is 3.41. The van der Waals surface area contributed by atoms with Gasteiger partial charge in [-0.15, -0.1) is 6.58 Å². The molecule has 0 saturated heterocycles. The van der Waals surface area contributed by atoms with E-state index >= 15 is 0 Å². The molecule has 0 aromatic carbocycles. The smallest absolute Gasteiger partial charge is 0.0715 e. The van der Waals surface area contributed by atoms with Gasteiger partial charge in [0.05, 0.1) is 11.7 Å². The molecule has 13 heavy (non-hydrogen) atoms. The van der Waals surface area contributed by atoms with Crippen LogP contribution >= 0.6 is 15.9 Å². The molecule has 1 heterocycles. The number of nitrogens with two attached hydrogens (primary N) is 1. The predicted octanol–water partition coefficient (Wildman–Crippen LogP) is 2.81. The Bertz CT molecular complexity index is 310.